The molecule has 1 aromatic heterocycles. The molecule has 34 heavy (non-hydrogen) atoms. The number of Topliss-reactive ketones (excluding diaryl/α,β-unsaturated/α-hetero) is 1. The fraction of sp³-hybridized carbons (Fsp3) is 0.893. The molecular formula is C28H43N3O3. The van der Waals surface area contributed by atoms with Gasteiger partial charge in [-0.1, -0.05) is 19.8 Å². The van der Waals surface area contributed by atoms with Gasteiger partial charge in [0.1, 0.15) is 6.33 Å². The molecule has 6 heteroatoms. The molecule has 5 aliphatic rings. The smallest absolute Gasteiger partial charge is 0.346 e. The molecule has 0 amide bonds. The van der Waals surface area contributed by atoms with E-state index in [0.717, 1.165) is 69.1 Å². The van der Waals surface area contributed by atoms with Gasteiger partial charge in [-0.05, 0) is 113 Å². The lowest BCUT2D eigenvalue weighted by molar-refractivity contribution is -0.133. The minimum atomic E-state index is -0.467. The zero-order chi connectivity index (χ0) is 23.7. The van der Waals surface area contributed by atoms with Crippen LogP contribution in [0.4, 0.5) is 0 Å². The van der Waals surface area contributed by atoms with Crippen molar-refractivity contribution in [1.82, 2.24) is 14.3 Å². The third-order valence-corrected chi connectivity index (χ3v) is 11.4. The van der Waals surface area contributed by atoms with E-state index < -0.39 is 5.60 Å². The van der Waals surface area contributed by atoms with Gasteiger partial charge in [-0.25, -0.2) is 9.48 Å². The van der Waals surface area contributed by atoms with Crippen molar-refractivity contribution in [3.8, 4) is 0 Å². The van der Waals surface area contributed by atoms with Gasteiger partial charge < -0.3 is 5.11 Å². The van der Waals surface area contributed by atoms with E-state index in [2.05, 4.69) is 12.0 Å². The van der Waals surface area contributed by atoms with Crippen molar-refractivity contribution < 1.29 is 9.90 Å². The molecule has 0 radical (unpaired) electrons. The summed E-state index contributed by atoms with van der Waals surface area (Å²) in [6, 6.07) is 0.214. The average molecular weight is 470 g/mol. The topological polar surface area (TPSA) is 77.1 Å². The Morgan fingerprint density at radius 2 is 1.76 bits per heavy atom. The highest BCUT2D eigenvalue weighted by Gasteiger charge is 2.58. The molecule has 0 saturated heterocycles. The van der Waals surface area contributed by atoms with Crippen LogP contribution < -0.4 is 5.69 Å². The van der Waals surface area contributed by atoms with Crippen LogP contribution in [0.5, 0.6) is 0 Å². The number of nitrogens with zero attached hydrogens (tertiary/aromatic N) is 3. The lowest BCUT2D eigenvalue weighted by Crippen LogP contribution is -2.51. The Labute approximate surface area is 203 Å². The Hall–Kier alpha value is -1.43. The van der Waals surface area contributed by atoms with Gasteiger partial charge in [0.05, 0.1) is 18.2 Å². The predicted octanol–water partition coefficient (Wildman–Crippen LogP) is 4.75. The molecule has 0 aromatic carbocycles. The highest BCUT2D eigenvalue weighted by atomic mass is 16.3. The first-order chi connectivity index (χ1) is 16.3. The summed E-state index contributed by atoms with van der Waals surface area (Å²) in [7, 11) is 0. The molecule has 0 spiro atoms. The zero-order valence-corrected chi connectivity index (χ0v) is 21.1. The third-order valence-electron chi connectivity index (χ3n) is 11.4. The maximum atomic E-state index is 13.6. The molecule has 1 heterocycles. The van der Waals surface area contributed by atoms with Crippen molar-refractivity contribution >= 4 is 5.78 Å². The summed E-state index contributed by atoms with van der Waals surface area (Å²) in [6.45, 7) is 4.61. The summed E-state index contributed by atoms with van der Waals surface area (Å²) >= 11 is 0. The summed E-state index contributed by atoms with van der Waals surface area (Å²) in [6.07, 6.45) is 16.1. The quantitative estimate of drug-likeness (QED) is 0.690. The van der Waals surface area contributed by atoms with Crippen molar-refractivity contribution in [3.05, 3.63) is 16.8 Å². The number of ketones is 1. The lowest BCUT2D eigenvalue weighted by atomic mass is 9.49. The largest absolute Gasteiger partial charge is 0.390 e. The van der Waals surface area contributed by atoms with Crippen molar-refractivity contribution in [1.29, 1.82) is 0 Å². The van der Waals surface area contributed by atoms with Crippen molar-refractivity contribution in [3.63, 3.8) is 0 Å². The summed E-state index contributed by atoms with van der Waals surface area (Å²) in [5.41, 5.74) is -0.489. The lowest BCUT2D eigenvalue weighted by Gasteiger charge is -2.56. The molecule has 6 rings (SSSR count). The molecule has 5 fully saturated rings. The minimum Gasteiger partial charge on any atom is -0.390 e. The molecule has 5 saturated carbocycles. The van der Waals surface area contributed by atoms with Gasteiger partial charge in [0.15, 0.2) is 5.78 Å². The third kappa shape index (κ3) is 3.65. The Morgan fingerprint density at radius 1 is 1.00 bits per heavy atom. The van der Waals surface area contributed by atoms with Gasteiger partial charge in [0.25, 0.3) is 0 Å². The van der Waals surface area contributed by atoms with Gasteiger partial charge in [-0.3, -0.25) is 9.36 Å². The van der Waals surface area contributed by atoms with Crippen LogP contribution in [0.25, 0.3) is 0 Å². The van der Waals surface area contributed by atoms with Gasteiger partial charge in [0, 0.05) is 5.92 Å². The number of rotatable bonds is 4. The summed E-state index contributed by atoms with van der Waals surface area (Å²) in [4.78, 5) is 26.5. The second-order valence-electron chi connectivity index (χ2n) is 13.2. The van der Waals surface area contributed by atoms with Crippen molar-refractivity contribution in [2.24, 2.45) is 40.9 Å². The van der Waals surface area contributed by atoms with Gasteiger partial charge in [-0.15, -0.1) is 0 Å². The standard InChI is InChI=1S/C28H43N3O3/c1-27(34)13-11-20-18(15-27)7-8-22-21(20)12-14-28(2)23(22)9-10-24(28)25(32)16-30-17-29-31(26(30)33)19-5-3-4-6-19/h17-24,34H,3-16H2,1-2H3/t18-,20+,21-,22-,23+,24-,27-,28+/m1/s1. The second-order valence-corrected chi connectivity index (χ2v) is 13.2. The van der Waals surface area contributed by atoms with Crippen LogP contribution in [-0.4, -0.2) is 30.8 Å². The van der Waals surface area contributed by atoms with Gasteiger partial charge >= 0.3 is 5.69 Å². The van der Waals surface area contributed by atoms with Crippen LogP contribution in [0.2, 0.25) is 0 Å². The number of aliphatic hydroxyl groups is 1. The van der Waals surface area contributed by atoms with E-state index in [1.54, 1.807) is 15.6 Å². The maximum Gasteiger partial charge on any atom is 0.346 e. The van der Waals surface area contributed by atoms with Crippen LogP contribution in [-0.2, 0) is 11.3 Å². The van der Waals surface area contributed by atoms with E-state index in [0.29, 0.717) is 11.8 Å². The Kier molecular flexibility index (Phi) is 5.62. The molecule has 188 valence electrons. The molecule has 1 aromatic rings. The molecule has 8 atom stereocenters. The average Bonchev–Trinajstić information content (AvgIpc) is 3.52. The van der Waals surface area contributed by atoms with Crippen LogP contribution in [0.3, 0.4) is 0 Å². The molecular weight excluding hydrogens is 426 g/mol. The molecule has 0 aliphatic heterocycles. The first-order valence-corrected chi connectivity index (χ1v) is 14.2. The Morgan fingerprint density at radius 3 is 2.56 bits per heavy atom. The summed E-state index contributed by atoms with van der Waals surface area (Å²) in [5.74, 6) is 3.96. The van der Waals surface area contributed by atoms with Crippen LogP contribution in [0.15, 0.2) is 11.1 Å². The number of hydrogen-bond acceptors (Lipinski definition) is 4. The highest BCUT2D eigenvalue weighted by Crippen LogP contribution is 2.64. The van der Waals surface area contributed by atoms with E-state index in [1.165, 1.54) is 32.1 Å². The van der Waals surface area contributed by atoms with Crippen LogP contribution in [0.1, 0.15) is 103 Å². The second kappa shape index (κ2) is 8.31. The normalized spacial score (nSPS) is 44.4. The predicted molar refractivity (Wildman–Crippen MR) is 130 cm³/mol. The number of hydrogen-bond donors (Lipinski definition) is 1. The maximum absolute atomic E-state index is 13.6. The fourth-order valence-corrected chi connectivity index (χ4v) is 9.74. The fourth-order valence-electron chi connectivity index (χ4n) is 9.74. The number of fused-ring (bicyclic) bond motifs is 5. The van der Waals surface area contributed by atoms with E-state index in [1.807, 2.05) is 6.92 Å². The highest BCUT2D eigenvalue weighted by molar-refractivity contribution is 5.82. The van der Waals surface area contributed by atoms with E-state index in [4.69, 9.17) is 0 Å². The summed E-state index contributed by atoms with van der Waals surface area (Å²) in [5, 5.41) is 15.0. The van der Waals surface area contributed by atoms with E-state index >= 15 is 0 Å². The number of carbonyl (C=O) groups excluding carboxylic acids is 1. The van der Waals surface area contributed by atoms with Crippen molar-refractivity contribution in [2.75, 3.05) is 0 Å². The first kappa shape index (κ1) is 23.0. The van der Waals surface area contributed by atoms with Gasteiger partial charge in [-0.2, -0.15) is 5.10 Å². The monoisotopic (exact) mass is 469 g/mol. The molecule has 0 bridgehead atoms. The van der Waals surface area contributed by atoms with Crippen molar-refractivity contribution in [2.45, 2.75) is 116 Å². The molecule has 5 aliphatic carbocycles. The first-order valence-electron chi connectivity index (χ1n) is 14.2. The zero-order valence-electron chi connectivity index (χ0n) is 21.1. The molecule has 1 N–H and O–H groups in total. The van der Waals surface area contributed by atoms with Crippen LogP contribution in [0, 0.1) is 40.9 Å². The van der Waals surface area contributed by atoms with E-state index in [-0.39, 0.29) is 35.4 Å². The minimum absolute atomic E-state index is 0.0741. The van der Waals surface area contributed by atoms with Gasteiger partial charge in [0.2, 0.25) is 0 Å². The number of carbonyl (C=O) groups is 1. The Bertz CT molecular complexity index is 989. The SMILES string of the molecule is C[C@@]1(O)CC[C@H]2[C@H](CC[C@@H]3[C@@H]2CC[C@]2(C)[C@@H](C(=O)Cn4cnn(C5CCCC5)c4=O)CC[C@@H]32)C1. The van der Waals surface area contributed by atoms with Crippen LogP contribution >= 0.6 is 0 Å². The van der Waals surface area contributed by atoms with E-state index in [9.17, 15) is 14.7 Å². The summed E-state index contributed by atoms with van der Waals surface area (Å²) < 4.78 is 3.20. The molecule has 0 unspecified atom stereocenters. The Balaban J connectivity index is 1.16. The number of aromatic nitrogens is 3. The molecule has 6 nitrogen and oxygen atoms in total.